The van der Waals surface area contributed by atoms with Gasteiger partial charge in [-0.05, 0) is 24.7 Å². The van der Waals surface area contributed by atoms with Gasteiger partial charge in [-0.2, -0.15) is 0 Å². The fourth-order valence-electron chi connectivity index (χ4n) is 2.78. The standard InChI is InChI=1S/C19H26N2O10/c1-9(22)29-8-10-3-4-12(11(7-10)21-13(23)5-6-20-2)30-19-16(26)14(24)15(25)17(31-19)18(27)28/h3-4,7,14-17,19-20,24-26H,5-6,8H2,1-2H3,(H,21,23)(H,27,28)/t14-,15-,16+,17-,19+/m0/s1. The first-order chi connectivity index (χ1) is 14.6. The number of hydrogen-bond acceptors (Lipinski definition) is 10. The van der Waals surface area contributed by atoms with Crippen LogP contribution in [0.15, 0.2) is 18.2 Å². The van der Waals surface area contributed by atoms with Crippen molar-refractivity contribution in [2.24, 2.45) is 0 Å². The van der Waals surface area contributed by atoms with Gasteiger partial charge >= 0.3 is 11.9 Å². The Morgan fingerprint density at radius 3 is 2.45 bits per heavy atom. The summed E-state index contributed by atoms with van der Waals surface area (Å²) < 4.78 is 15.6. The van der Waals surface area contributed by atoms with E-state index in [1.807, 2.05) is 0 Å². The van der Waals surface area contributed by atoms with Crippen LogP contribution in [-0.2, 0) is 30.5 Å². The van der Waals surface area contributed by atoms with Crippen molar-refractivity contribution in [1.29, 1.82) is 0 Å². The number of carboxylic acid groups (broad SMARTS) is 1. The maximum Gasteiger partial charge on any atom is 0.335 e. The lowest BCUT2D eigenvalue weighted by atomic mass is 9.99. The second kappa shape index (κ2) is 11.0. The van der Waals surface area contributed by atoms with E-state index < -0.39 is 42.6 Å². The minimum absolute atomic E-state index is 0.00108. The van der Waals surface area contributed by atoms with Gasteiger partial charge < -0.3 is 45.3 Å². The number of anilines is 1. The highest BCUT2D eigenvalue weighted by atomic mass is 16.7. The summed E-state index contributed by atoms with van der Waals surface area (Å²) >= 11 is 0. The number of hydrogen-bond donors (Lipinski definition) is 6. The number of ether oxygens (including phenoxy) is 3. The maximum absolute atomic E-state index is 12.2. The first kappa shape index (κ1) is 24.5. The summed E-state index contributed by atoms with van der Waals surface area (Å²) in [5.74, 6) is -2.41. The summed E-state index contributed by atoms with van der Waals surface area (Å²) in [4.78, 5) is 34.5. The van der Waals surface area contributed by atoms with Crippen LogP contribution in [0.25, 0.3) is 0 Å². The number of benzene rings is 1. The molecule has 0 spiro atoms. The highest BCUT2D eigenvalue weighted by Crippen LogP contribution is 2.31. The van der Waals surface area contributed by atoms with Crippen molar-refractivity contribution in [3.8, 4) is 5.75 Å². The molecule has 1 fully saturated rings. The fraction of sp³-hybridized carbons (Fsp3) is 0.526. The van der Waals surface area contributed by atoms with Gasteiger partial charge in [-0.1, -0.05) is 6.07 Å². The van der Waals surface area contributed by atoms with Crippen molar-refractivity contribution in [3.63, 3.8) is 0 Å². The van der Waals surface area contributed by atoms with Crippen LogP contribution in [0.4, 0.5) is 5.69 Å². The summed E-state index contributed by atoms with van der Waals surface area (Å²) in [6.45, 7) is 1.59. The van der Waals surface area contributed by atoms with Gasteiger partial charge in [-0.15, -0.1) is 0 Å². The molecule has 0 unspecified atom stereocenters. The zero-order chi connectivity index (χ0) is 23.1. The molecule has 5 atom stereocenters. The van der Waals surface area contributed by atoms with E-state index >= 15 is 0 Å². The Morgan fingerprint density at radius 2 is 1.84 bits per heavy atom. The molecule has 31 heavy (non-hydrogen) atoms. The van der Waals surface area contributed by atoms with Crippen LogP contribution in [0.5, 0.6) is 5.75 Å². The molecular formula is C19H26N2O10. The van der Waals surface area contributed by atoms with E-state index in [2.05, 4.69) is 10.6 Å². The highest BCUT2D eigenvalue weighted by Gasteiger charge is 2.48. The topological polar surface area (TPSA) is 184 Å². The number of esters is 1. The van der Waals surface area contributed by atoms with Gasteiger partial charge in [0.05, 0.1) is 5.69 Å². The molecule has 1 aromatic rings. The second-order valence-electron chi connectivity index (χ2n) is 6.87. The molecule has 0 aliphatic carbocycles. The maximum atomic E-state index is 12.2. The minimum Gasteiger partial charge on any atom is -0.479 e. The first-order valence-electron chi connectivity index (χ1n) is 9.44. The molecule has 1 aliphatic rings. The van der Waals surface area contributed by atoms with Crippen molar-refractivity contribution in [3.05, 3.63) is 23.8 Å². The van der Waals surface area contributed by atoms with Crippen molar-refractivity contribution < 1.29 is 49.0 Å². The van der Waals surface area contributed by atoms with Gasteiger partial charge in [0.2, 0.25) is 12.2 Å². The third-order valence-electron chi connectivity index (χ3n) is 4.42. The molecule has 2 rings (SSSR count). The number of rotatable bonds is 9. The van der Waals surface area contributed by atoms with Crippen LogP contribution < -0.4 is 15.4 Å². The number of nitrogens with one attached hydrogen (secondary N) is 2. The molecule has 12 heteroatoms. The Bertz CT molecular complexity index is 802. The lowest BCUT2D eigenvalue weighted by Crippen LogP contribution is -2.61. The summed E-state index contributed by atoms with van der Waals surface area (Å²) in [7, 11) is 1.68. The lowest BCUT2D eigenvalue weighted by Gasteiger charge is -2.38. The molecule has 1 aliphatic heterocycles. The third kappa shape index (κ3) is 6.60. The van der Waals surface area contributed by atoms with E-state index in [4.69, 9.17) is 19.3 Å². The van der Waals surface area contributed by atoms with E-state index in [0.717, 1.165) is 0 Å². The first-order valence-corrected chi connectivity index (χ1v) is 9.44. The number of aliphatic hydroxyl groups excluding tert-OH is 3. The second-order valence-corrected chi connectivity index (χ2v) is 6.87. The highest BCUT2D eigenvalue weighted by molar-refractivity contribution is 5.92. The number of carbonyl (C=O) groups is 3. The quantitative estimate of drug-likeness (QED) is 0.246. The van der Waals surface area contributed by atoms with Gasteiger partial charge in [0.1, 0.15) is 30.7 Å². The number of aliphatic carboxylic acids is 1. The van der Waals surface area contributed by atoms with Crippen molar-refractivity contribution >= 4 is 23.5 Å². The lowest BCUT2D eigenvalue weighted by molar-refractivity contribution is -0.271. The monoisotopic (exact) mass is 442 g/mol. The Hall–Kier alpha value is -2.77. The fourth-order valence-corrected chi connectivity index (χ4v) is 2.78. The van der Waals surface area contributed by atoms with Crippen molar-refractivity contribution in [1.82, 2.24) is 5.32 Å². The largest absolute Gasteiger partial charge is 0.479 e. The molecular weight excluding hydrogens is 416 g/mol. The van der Waals surface area contributed by atoms with E-state index in [1.165, 1.54) is 25.1 Å². The number of aliphatic hydroxyl groups is 3. The van der Waals surface area contributed by atoms with E-state index in [1.54, 1.807) is 7.05 Å². The number of amides is 1. The smallest absolute Gasteiger partial charge is 0.335 e. The molecule has 1 amide bonds. The summed E-state index contributed by atoms with van der Waals surface area (Å²) in [5, 5.41) is 44.5. The molecule has 1 aromatic carbocycles. The van der Waals surface area contributed by atoms with Crippen LogP contribution in [0, 0.1) is 0 Å². The summed E-state index contributed by atoms with van der Waals surface area (Å²) in [6.07, 6.45) is -8.80. The molecule has 172 valence electrons. The van der Waals surface area contributed by atoms with Gasteiger partial charge in [0.25, 0.3) is 0 Å². The number of carboxylic acids is 1. The van der Waals surface area contributed by atoms with Crippen LogP contribution in [0.3, 0.4) is 0 Å². The Labute approximate surface area is 177 Å². The zero-order valence-corrected chi connectivity index (χ0v) is 17.0. The predicted octanol–water partition coefficient (Wildman–Crippen LogP) is -1.43. The Kier molecular flexibility index (Phi) is 8.71. The van der Waals surface area contributed by atoms with E-state index in [9.17, 15) is 29.7 Å². The minimum atomic E-state index is -1.86. The third-order valence-corrected chi connectivity index (χ3v) is 4.42. The summed E-state index contributed by atoms with van der Waals surface area (Å²) in [5.41, 5.74) is 0.671. The van der Waals surface area contributed by atoms with Gasteiger partial charge in [0, 0.05) is 19.9 Å². The van der Waals surface area contributed by atoms with Crippen molar-refractivity contribution in [2.75, 3.05) is 18.9 Å². The van der Waals surface area contributed by atoms with Crippen LogP contribution in [0.2, 0.25) is 0 Å². The molecule has 12 nitrogen and oxygen atoms in total. The van der Waals surface area contributed by atoms with Crippen molar-refractivity contribution in [2.45, 2.75) is 50.7 Å². The molecule has 6 N–H and O–H groups in total. The molecule has 1 heterocycles. The Balaban J connectivity index is 2.26. The Morgan fingerprint density at radius 1 is 1.13 bits per heavy atom. The average molecular weight is 442 g/mol. The van der Waals surface area contributed by atoms with Gasteiger partial charge in [0.15, 0.2) is 6.10 Å². The molecule has 0 radical (unpaired) electrons. The summed E-state index contributed by atoms with van der Waals surface area (Å²) in [6, 6.07) is 4.40. The SMILES string of the molecule is CNCCC(=O)Nc1cc(COC(C)=O)ccc1O[C@@H]1O[C@H](C(=O)O)[C@@H](O)[C@H](O)[C@H]1O. The van der Waals surface area contributed by atoms with Gasteiger partial charge in [-0.25, -0.2) is 4.79 Å². The van der Waals surface area contributed by atoms with Gasteiger partial charge in [-0.3, -0.25) is 9.59 Å². The van der Waals surface area contributed by atoms with Crippen LogP contribution >= 0.6 is 0 Å². The zero-order valence-electron chi connectivity index (χ0n) is 17.0. The molecule has 0 saturated carbocycles. The average Bonchev–Trinajstić information content (AvgIpc) is 2.72. The number of carbonyl (C=O) groups excluding carboxylic acids is 2. The van der Waals surface area contributed by atoms with Crippen LogP contribution in [0.1, 0.15) is 18.9 Å². The normalized spacial score (nSPS) is 25.5. The molecule has 1 saturated heterocycles. The van der Waals surface area contributed by atoms with Crippen LogP contribution in [-0.4, -0.2) is 82.6 Å². The van der Waals surface area contributed by atoms with E-state index in [0.29, 0.717) is 12.1 Å². The van der Waals surface area contributed by atoms with E-state index in [-0.39, 0.29) is 30.4 Å². The molecule has 0 bridgehead atoms. The molecule has 0 aromatic heterocycles. The predicted molar refractivity (Wildman–Crippen MR) is 104 cm³/mol.